The lowest BCUT2D eigenvalue weighted by Crippen LogP contribution is -2.22. The molecule has 0 aliphatic carbocycles. The summed E-state index contributed by atoms with van der Waals surface area (Å²) >= 11 is 2.90. The van der Waals surface area contributed by atoms with Crippen LogP contribution in [0.4, 0.5) is 29.7 Å². The van der Waals surface area contributed by atoms with Gasteiger partial charge in [0.05, 0.1) is 21.8 Å². The van der Waals surface area contributed by atoms with Crippen LogP contribution in [-0.2, 0) is 6.18 Å². The second-order valence-electron chi connectivity index (χ2n) is 9.76. The third-order valence-corrected chi connectivity index (χ3v) is 8.68. The van der Waals surface area contributed by atoms with E-state index in [9.17, 15) is 13.2 Å². The number of anilines is 3. The zero-order valence-electron chi connectivity index (χ0n) is 22.8. The Labute approximate surface area is 236 Å². The number of aliphatic imine (C=N–C) groups is 1. The molecule has 3 aromatic rings. The molecule has 1 N–H and O–H groups in total. The summed E-state index contributed by atoms with van der Waals surface area (Å²) in [5.41, 5.74) is 1.52. The summed E-state index contributed by atoms with van der Waals surface area (Å²) in [7, 11) is 3.70. The zero-order chi connectivity index (χ0) is 28.0. The number of halogens is 3. The Hall–Kier alpha value is -2.92. The summed E-state index contributed by atoms with van der Waals surface area (Å²) in [6.45, 7) is 4.70. The maximum absolute atomic E-state index is 14.0. The zero-order valence-corrected chi connectivity index (χ0v) is 24.4. The van der Waals surface area contributed by atoms with Crippen molar-refractivity contribution >= 4 is 45.4 Å². The Morgan fingerprint density at radius 2 is 1.87 bits per heavy atom. The number of hydrogen-bond donors (Lipinski definition) is 1. The fraction of sp³-hybridized carbons (Fsp3) is 0.464. The van der Waals surface area contributed by atoms with Gasteiger partial charge in [-0.05, 0) is 31.5 Å². The van der Waals surface area contributed by atoms with Crippen LogP contribution < -0.4 is 10.2 Å². The number of rotatable bonds is 12. The molecule has 4 rings (SSSR count). The van der Waals surface area contributed by atoms with Crippen molar-refractivity contribution in [2.24, 2.45) is 4.99 Å². The minimum Gasteiger partial charge on any atom is -0.374 e. The molecule has 1 aromatic carbocycles. The highest BCUT2D eigenvalue weighted by molar-refractivity contribution is 7.17. The Kier molecular flexibility index (Phi) is 9.66. The number of hydrogen-bond acceptors (Lipinski definition) is 8. The molecule has 6 nitrogen and oxygen atoms in total. The summed E-state index contributed by atoms with van der Waals surface area (Å²) in [6.07, 6.45) is 7.62. The van der Waals surface area contributed by atoms with Crippen molar-refractivity contribution in [1.82, 2.24) is 14.9 Å². The normalized spacial score (nSPS) is 15.3. The highest BCUT2D eigenvalue weighted by Gasteiger charge is 2.35. The van der Waals surface area contributed by atoms with E-state index in [0.717, 1.165) is 40.5 Å². The minimum atomic E-state index is -4.46. The topological polar surface area (TPSA) is 56.6 Å². The largest absolute Gasteiger partial charge is 0.418 e. The van der Waals surface area contributed by atoms with Crippen molar-refractivity contribution in [3.8, 4) is 10.6 Å². The van der Waals surface area contributed by atoms with Gasteiger partial charge in [0.15, 0.2) is 5.13 Å². The van der Waals surface area contributed by atoms with Gasteiger partial charge in [0.25, 0.3) is 0 Å². The molecule has 1 aliphatic heterocycles. The Bertz CT molecular complexity index is 1300. The first-order valence-corrected chi connectivity index (χ1v) is 14.9. The number of unbranched alkanes of at least 4 members (excludes halogenated alkanes) is 5. The van der Waals surface area contributed by atoms with Gasteiger partial charge in [-0.1, -0.05) is 39.0 Å². The predicted octanol–water partition coefficient (Wildman–Crippen LogP) is 8.66. The molecule has 0 fully saturated rings. The van der Waals surface area contributed by atoms with E-state index in [2.05, 4.69) is 22.2 Å². The third-order valence-electron chi connectivity index (χ3n) is 6.67. The molecule has 0 saturated carbocycles. The van der Waals surface area contributed by atoms with Gasteiger partial charge in [-0.3, -0.25) is 4.99 Å². The Morgan fingerprint density at radius 1 is 1.10 bits per heavy atom. The van der Waals surface area contributed by atoms with Crippen LogP contribution in [0.25, 0.3) is 10.6 Å². The smallest absolute Gasteiger partial charge is 0.374 e. The van der Waals surface area contributed by atoms with Crippen LogP contribution in [0.15, 0.2) is 41.0 Å². The van der Waals surface area contributed by atoms with E-state index in [4.69, 9.17) is 4.98 Å². The molecule has 1 atom stereocenters. The minimum absolute atomic E-state index is 0.0397. The Morgan fingerprint density at radius 3 is 2.62 bits per heavy atom. The van der Waals surface area contributed by atoms with Crippen molar-refractivity contribution in [3.05, 3.63) is 52.2 Å². The third kappa shape index (κ3) is 7.39. The maximum Gasteiger partial charge on any atom is 0.418 e. The average Bonchev–Trinajstić information content (AvgIpc) is 3.52. The van der Waals surface area contributed by atoms with E-state index in [1.807, 2.05) is 36.7 Å². The lowest BCUT2D eigenvalue weighted by molar-refractivity contribution is -0.137. The fourth-order valence-electron chi connectivity index (χ4n) is 4.47. The van der Waals surface area contributed by atoms with Gasteiger partial charge >= 0.3 is 6.18 Å². The van der Waals surface area contributed by atoms with Gasteiger partial charge in [-0.15, -0.1) is 22.7 Å². The van der Waals surface area contributed by atoms with E-state index >= 15 is 0 Å². The predicted molar refractivity (Wildman–Crippen MR) is 157 cm³/mol. The van der Waals surface area contributed by atoms with Gasteiger partial charge in [-0.2, -0.15) is 13.2 Å². The van der Waals surface area contributed by atoms with Gasteiger partial charge < -0.3 is 15.1 Å². The van der Waals surface area contributed by atoms with Crippen molar-refractivity contribution < 1.29 is 13.2 Å². The molecule has 11 heteroatoms. The van der Waals surface area contributed by atoms with E-state index in [0.29, 0.717) is 17.4 Å². The fourth-order valence-corrected chi connectivity index (χ4v) is 6.41. The highest BCUT2D eigenvalue weighted by atomic mass is 32.1. The van der Waals surface area contributed by atoms with Crippen molar-refractivity contribution in [2.45, 2.75) is 64.6 Å². The van der Waals surface area contributed by atoms with E-state index in [1.54, 1.807) is 41.6 Å². The molecule has 0 saturated heterocycles. The summed E-state index contributed by atoms with van der Waals surface area (Å²) < 4.78 is 42.1. The van der Waals surface area contributed by atoms with Crippen LogP contribution in [0.2, 0.25) is 0 Å². The van der Waals surface area contributed by atoms with Gasteiger partial charge in [0, 0.05) is 56.0 Å². The van der Waals surface area contributed by atoms with Crippen LogP contribution in [0, 0.1) is 6.92 Å². The van der Waals surface area contributed by atoms with Crippen LogP contribution in [0.3, 0.4) is 0 Å². The molecule has 0 bridgehead atoms. The van der Waals surface area contributed by atoms with Crippen molar-refractivity contribution in [1.29, 1.82) is 0 Å². The first kappa shape index (κ1) is 29.1. The Balaban J connectivity index is 1.46. The molecule has 39 heavy (non-hydrogen) atoms. The summed E-state index contributed by atoms with van der Waals surface area (Å²) in [5, 5.41) is 6.42. The second kappa shape index (κ2) is 13.0. The second-order valence-corrected chi connectivity index (χ2v) is 11.6. The quantitative estimate of drug-likeness (QED) is 0.219. The SMILES string of the molecule is CCCCCCCCN(C)c1ccc(Nc2nc(-c3sc(C4C=NC=CN4C)nc3C)cs2)cc1C(F)(F)F. The molecule has 0 radical (unpaired) electrons. The highest BCUT2D eigenvalue weighted by Crippen LogP contribution is 2.40. The first-order chi connectivity index (χ1) is 18.7. The lowest BCUT2D eigenvalue weighted by atomic mass is 10.1. The maximum atomic E-state index is 14.0. The number of aromatic nitrogens is 2. The molecular weight excluding hydrogens is 541 g/mol. The van der Waals surface area contributed by atoms with Crippen LogP contribution in [0.5, 0.6) is 0 Å². The van der Waals surface area contributed by atoms with Crippen LogP contribution in [0.1, 0.15) is 67.8 Å². The number of thiazole rings is 2. The molecule has 3 heterocycles. The number of benzene rings is 1. The van der Waals surface area contributed by atoms with Crippen LogP contribution >= 0.6 is 22.7 Å². The molecule has 210 valence electrons. The van der Waals surface area contributed by atoms with Gasteiger partial charge in [0.2, 0.25) is 0 Å². The molecule has 1 unspecified atom stereocenters. The lowest BCUT2D eigenvalue weighted by Gasteiger charge is -2.24. The molecule has 0 amide bonds. The molecule has 2 aromatic heterocycles. The molecular formula is C28H35F3N6S2. The molecule has 0 spiro atoms. The van der Waals surface area contributed by atoms with Gasteiger partial charge in [0.1, 0.15) is 11.0 Å². The average molecular weight is 577 g/mol. The summed E-state index contributed by atoms with van der Waals surface area (Å²) in [4.78, 5) is 18.3. The number of aryl methyl sites for hydroxylation is 1. The summed E-state index contributed by atoms with van der Waals surface area (Å²) in [6, 6.07) is 4.37. The van der Waals surface area contributed by atoms with Crippen LogP contribution in [-0.4, -0.2) is 41.7 Å². The van der Waals surface area contributed by atoms with Gasteiger partial charge in [-0.25, -0.2) is 9.97 Å². The summed E-state index contributed by atoms with van der Waals surface area (Å²) in [5.74, 6) is 0. The van der Waals surface area contributed by atoms with Crippen molar-refractivity contribution in [3.63, 3.8) is 0 Å². The number of nitrogens with one attached hydrogen (secondary N) is 1. The standard InChI is InChI=1S/C28H35F3N6S2/c1-5-6-7-8-9-10-14-36(3)23-12-11-20(16-21(23)28(29,30)31)34-27-35-22(18-38-27)25-19(2)33-26(39-25)24-17-32-13-15-37(24)4/h11-13,15-18,24H,5-10,14H2,1-4H3,(H,34,35). The van der Waals surface area contributed by atoms with E-state index in [1.165, 1.54) is 36.7 Å². The molecule has 1 aliphatic rings. The first-order valence-electron chi connectivity index (χ1n) is 13.2. The number of alkyl halides is 3. The van der Waals surface area contributed by atoms with Crippen molar-refractivity contribution in [2.75, 3.05) is 30.9 Å². The van der Waals surface area contributed by atoms with E-state index in [-0.39, 0.29) is 11.7 Å². The van der Waals surface area contributed by atoms with E-state index < -0.39 is 11.7 Å². The number of nitrogens with zero attached hydrogens (tertiary/aromatic N) is 5. The monoisotopic (exact) mass is 576 g/mol.